The van der Waals surface area contributed by atoms with Gasteiger partial charge in [-0.05, 0) is 49.1 Å². The van der Waals surface area contributed by atoms with Crippen LogP contribution in [0.25, 0.3) is 0 Å². The number of nitrogens with one attached hydrogen (secondary N) is 1. The molecule has 0 bridgehead atoms. The number of alkyl halides is 3. The minimum Gasteiger partial charge on any atom is -0.406 e. The number of pyridine rings is 1. The van der Waals surface area contributed by atoms with Crippen LogP contribution in [0.4, 0.5) is 18.9 Å². The van der Waals surface area contributed by atoms with E-state index in [9.17, 15) is 31.5 Å². The maximum absolute atomic E-state index is 12.7. The molecule has 3 rings (SSSR count). The first-order chi connectivity index (χ1) is 15.5. The highest BCUT2D eigenvalue weighted by atomic mass is 32.2. The molecule has 1 unspecified atom stereocenters. The number of carbonyl (C=O) groups excluding carboxylic acids is 1. The average molecular weight is 489 g/mol. The Kier molecular flexibility index (Phi) is 7.44. The minimum atomic E-state index is -4.91. The van der Waals surface area contributed by atoms with E-state index in [2.05, 4.69) is 15.0 Å². The Morgan fingerprint density at radius 1 is 1.24 bits per heavy atom. The third-order valence-corrected chi connectivity index (χ3v) is 6.38. The highest BCUT2D eigenvalue weighted by Gasteiger charge is 2.31. The molecule has 0 aliphatic heterocycles. The number of benzene rings is 1. The predicted octanol–water partition coefficient (Wildman–Crippen LogP) is 1.91. The van der Waals surface area contributed by atoms with Crippen molar-refractivity contribution >= 4 is 21.4 Å². The summed E-state index contributed by atoms with van der Waals surface area (Å²) in [5, 5.41) is 12.3. The number of nitrogens with two attached hydrogens (primary N) is 1. The molecule has 1 saturated carbocycles. The Morgan fingerprint density at radius 2 is 1.91 bits per heavy atom. The zero-order valence-corrected chi connectivity index (χ0v) is 18.0. The number of amides is 1. The van der Waals surface area contributed by atoms with Crippen molar-refractivity contribution in [2.24, 2.45) is 5.92 Å². The second-order valence-corrected chi connectivity index (χ2v) is 9.43. The van der Waals surface area contributed by atoms with Crippen LogP contribution in [0.1, 0.15) is 23.3 Å². The van der Waals surface area contributed by atoms with Crippen molar-refractivity contribution in [2.45, 2.75) is 35.1 Å². The highest BCUT2D eigenvalue weighted by Crippen LogP contribution is 2.29. The molecule has 1 aliphatic rings. The van der Waals surface area contributed by atoms with Gasteiger partial charge in [-0.25, -0.2) is 13.4 Å². The molecule has 0 spiro atoms. The first-order valence-electron chi connectivity index (χ1n) is 9.86. The molecule has 0 saturated heterocycles. The number of rotatable bonds is 10. The molecule has 13 heteroatoms. The highest BCUT2D eigenvalue weighted by molar-refractivity contribution is 7.91. The van der Waals surface area contributed by atoms with Gasteiger partial charge in [-0.15, -0.1) is 13.2 Å². The third kappa shape index (κ3) is 7.04. The van der Waals surface area contributed by atoms with Crippen molar-refractivity contribution in [1.29, 1.82) is 0 Å². The molecule has 1 atom stereocenters. The first-order valence-corrected chi connectivity index (χ1v) is 11.3. The molecule has 1 aromatic heterocycles. The van der Waals surface area contributed by atoms with Gasteiger partial charge in [0.15, 0.2) is 5.69 Å². The Balaban J connectivity index is 1.62. The number of aromatic nitrogens is 1. The number of sulfone groups is 1. The minimum absolute atomic E-state index is 0.0592. The standard InChI is InChI=1S/C20H22F3N3O6S/c21-20(22,23)32-14-3-5-15(6-4-14)33(29,30)16-7-17(24)18(25-9-16)19(28)26-8-13(27)11-31-10-12-1-2-12/h3-7,9,12-13,27H,1-2,8,10-11,24H2,(H,26,28). The van der Waals surface area contributed by atoms with Crippen LogP contribution in [0.15, 0.2) is 46.3 Å². The molecule has 1 aromatic carbocycles. The molecule has 4 N–H and O–H groups in total. The molecule has 1 aliphatic carbocycles. The number of aliphatic hydroxyl groups is 1. The van der Waals surface area contributed by atoms with Crippen molar-refractivity contribution in [3.8, 4) is 5.75 Å². The maximum Gasteiger partial charge on any atom is 0.573 e. The van der Waals surface area contributed by atoms with E-state index >= 15 is 0 Å². The largest absolute Gasteiger partial charge is 0.573 e. The Hall–Kier alpha value is -2.90. The lowest BCUT2D eigenvalue weighted by Crippen LogP contribution is -2.35. The van der Waals surface area contributed by atoms with Gasteiger partial charge in [0.25, 0.3) is 5.91 Å². The zero-order chi connectivity index (χ0) is 24.2. The molecule has 180 valence electrons. The van der Waals surface area contributed by atoms with Crippen molar-refractivity contribution in [1.82, 2.24) is 10.3 Å². The lowest BCUT2D eigenvalue weighted by atomic mass is 10.2. The molecule has 0 radical (unpaired) electrons. The van der Waals surface area contributed by atoms with E-state index in [1.807, 2.05) is 0 Å². The second kappa shape index (κ2) is 9.93. The summed E-state index contributed by atoms with van der Waals surface area (Å²) in [6, 6.07) is 4.63. The topological polar surface area (TPSA) is 141 Å². The number of nitrogens with zero attached hydrogens (tertiary/aromatic N) is 1. The molecule has 2 aromatic rings. The van der Waals surface area contributed by atoms with Crippen LogP contribution in [-0.2, 0) is 14.6 Å². The van der Waals surface area contributed by atoms with Gasteiger partial charge in [0.05, 0.1) is 28.2 Å². The Labute approximate surface area is 187 Å². The molecule has 1 fully saturated rings. The summed E-state index contributed by atoms with van der Waals surface area (Å²) in [7, 11) is -4.17. The van der Waals surface area contributed by atoms with Crippen LogP contribution < -0.4 is 15.8 Å². The fourth-order valence-electron chi connectivity index (χ4n) is 2.76. The molecular formula is C20H22F3N3O6S. The lowest BCUT2D eigenvalue weighted by Gasteiger charge is -2.13. The van der Waals surface area contributed by atoms with Crippen molar-refractivity contribution in [2.75, 3.05) is 25.5 Å². The summed E-state index contributed by atoms with van der Waals surface area (Å²) in [5.74, 6) is -0.755. The summed E-state index contributed by atoms with van der Waals surface area (Å²) in [6.07, 6.45) is -2.70. The van der Waals surface area contributed by atoms with Crippen LogP contribution in [-0.4, -0.2) is 56.6 Å². The van der Waals surface area contributed by atoms with Crippen LogP contribution in [0.5, 0.6) is 5.75 Å². The van der Waals surface area contributed by atoms with Crippen LogP contribution in [0, 0.1) is 5.92 Å². The van der Waals surface area contributed by atoms with Gasteiger partial charge in [0.1, 0.15) is 5.75 Å². The van der Waals surface area contributed by atoms with Crippen LogP contribution >= 0.6 is 0 Å². The van der Waals surface area contributed by atoms with Crippen molar-refractivity contribution < 1.29 is 41.0 Å². The van der Waals surface area contributed by atoms with Gasteiger partial charge in [0, 0.05) is 19.3 Å². The maximum atomic E-state index is 12.7. The molecular weight excluding hydrogens is 467 g/mol. The number of aliphatic hydroxyl groups excluding tert-OH is 1. The quantitative estimate of drug-likeness (QED) is 0.460. The number of nitrogen functional groups attached to an aromatic ring is 1. The normalized spacial score (nSPS) is 15.2. The summed E-state index contributed by atoms with van der Waals surface area (Å²) in [5.41, 5.74) is 5.32. The van der Waals surface area contributed by atoms with E-state index in [-0.39, 0.29) is 34.3 Å². The number of hydrogen-bond donors (Lipinski definition) is 3. The SMILES string of the molecule is Nc1cc(S(=O)(=O)c2ccc(OC(F)(F)F)cc2)cnc1C(=O)NCC(O)COCC1CC1. The van der Waals surface area contributed by atoms with E-state index in [0.717, 1.165) is 49.4 Å². The molecule has 33 heavy (non-hydrogen) atoms. The zero-order valence-electron chi connectivity index (χ0n) is 17.2. The second-order valence-electron chi connectivity index (χ2n) is 7.48. The van der Waals surface area contributed by atoms with Gasteiger partial charge in [-0.3, -0.25) is 4.79 Å². The first kappa shape index (κ1) is 24.7. The predicted molar refractivity (Wildman–Crippen MR) is 109 cm³/mol. The molecule has 1 amide bonds. The fourth-order valence-corrected chi connectivity index (χ4v) is 4.00. The van der Waals surface area contributed by atoms with E-state index in [4.69, 9.17) is 10.5 Å². The summed E-state index contributed by atoms with van der Waals surface area (Å²) in [4.78, 5) is 15.4. The number of halogens is 3. The number of hydrogen-bond acceptors (Lipinski definition) is 8. The van der Waals surface area contributed by atoms with Gasteiger partial charge in [-0.1, -0.05) is 0 Å². The summed E-state index contributed by atoms with van der Waals surface area (Å²) < 4.78 is 71.3. The van der Waals surface area contributed by atoms with Crippen molar-refractivity contribution in [3.05, 3.63) is 42.2 Å². The van der Waals surface area contributed by atoms with Gasteiger partial charge < -0.3 is 25.6 Å². The number of ether oxygens (including phenoxy) is 2. The van der Waals surface area contributed by atoms with E-state index in [0.29, 0.717) is 12.5 Å². The summed E-state index contributed by atoms with van der Waals surface area (Å²) in [6.45, 7) is 0.508. The van der Waals surface area contributed by atoms with E-state index in [1.54, 1.807) is 0 Å². The molecule has 1 heterocycles. The van der Waals surface area contributed by atoms with E-state index in [1.165, 1.54) is 0 Å². The van der Waals surface area contributed by atoms with E-state index < -0.39 is 34.0 Å². The molecule has 9 nitrogen and oxygen atoms in total. The van der Waals surface area contributed by atoms with Crippen LogP contribution in [0.2, 0.25) is 0 Å². The number of carbonyl (C=O) groups is 1. The summed E-state index contributed by atoms with van der Waals surface area (Å²) >= 11 is 0. The monoisotopic (exact) mass is 489 g/mol. The Morgan fingerprint density at radius 3 is 2.48 bits per heavy atom. The van der Waals surface area contributed by atoms with Gasteiger partial charge in [0.2, 0.25) is 9.84 Å². The Bertz CT molecular complexity index is 1090. The van der Waals surface area contributed by atoms with Crippen LogP contribution in [0.3, 0.4) is 0 Å². The smallest absolute Gasteiger partial charge is 0.406 e. The van der Waals surface area contributed by atoms with Crippen molar-refractivity contribution in [3.63, 3.8) is 0 Å². The van der Waals surface area contributed by atoms with Gasteiger partial charge >= 0.3 is 6.36 Å². The number of anilines is 1. The average Bonchev–Trinajstić information content (AvgIpc) is 3.55. The third-order valence-electron chi connectivity index (χ3n) is 4.64. The van der Waals surface area contributed by atoms with Gasteiger partial charge in [-0.2, -0.15) is 0 Å². The fraction of sp³-hybridized carbons (Fsp3) is 0.400. The lowest BCUT2D eigenvalue weighted by molar-refractivity contribution is -0.274.